The highest BCUT2D eigenvalue weighted by molar-refractivity contribution is 6.39. The Labute approximate surface area is 189 Å². The molecule has 166 valence electrons. The number of nitro benzene ring substituents is 1. The van der Waals surface area contributed by atoms with E-state index in [1.165, 1.54) is 18.2 Å². The zero-order valence-corrected chi connectivity index (χ0v) is 18.2. The number of para-hydroxylation sites is 1. The third-order valence-electron chi connectivity index (χ3n) is 5.53. The molecule has 9 heteroatoms. The third kappa shape index (κ3) is 3.80. The first-order valence-electron chi connectivity index (χ1n) is 10.1. The van der Waals surface area contributed by atoms with Gasteiger partial charge in [0.2, 0.25) is 0 Å². The number of anilines is 1. The molecule has 0 atom stereocenters. The van der Waals surface area contributed by atoms with Gasteiger partial charge in [0.25, 0.3) is 17.5 Å². The van der Waals surface area contributed by atoms with E-state index in [1.54, 1.807) is 60.9 Å². The standard InChI is InChI=1S/C24H20N4O5/c1-14-7-4-5-10-21(14)27-23(30)20(22(29)25-24(27)31)12-17-11-15(2)26(16(17)3)18-8-6-9-19(13-18)28(32)33/h4-13H,1-3H3,(H,25,29,31)/b20-12+. The van der Waals surface area contributed by atoms with Gasteiger partial charge in [-0.1, -0.05) is 24.3 Å². The van der Waals surface area contributed by atoms with Crippen LogP contribution in [0.5, 0.6) is 0 Å². The normalized spacial score (nSPS) is 15.2. The number of hydrogen-bond acceptors (Lipinski definition) is 5. The van der Waals surface area contributed by atoms with E-state index in [0.717, 1.165) is 10.6 Å². The van der Waals surface area contributed by atoms with Crippen molar-refractivity contribution in [2.24, 2.45) is 0 Å². The van der Waals surface area contributed by atoms with Crippen LogP contribution in [0.3, 0.4) is 0 Å². The number of carbonyl (C=O) groups is 3. The molecule has 0 unspecified atom stereocenters. The lowest BCUT2D eigenvalue weighted by molar-refractivity contribution is -0.384. The molecule has 33 heavy (non-hydrogen) atoms. The molecular formula is C24H20N4O5. The summed E-state index contributed by atoms with van der Waals surface area (Å²) >= 11 is 0. The Morgan fingerprint density at radius 2 is 1.70 bits per heavy atom. The van der Waals surface area contributed by atoms with Crippen LogP contribution in [0.15, 0.2) is 60.2 Å². The van der Waals surface area contributed by atoms with Crippen molar-refractivity contribution in [3.05, 3.63) is 92.8 Å². The number of aromatic nitrogens is 1. The van der Waals surface area contributed by atoms with Crippen molar-refractivity contribution in [1.29, 1.82) is 0 Å². The van der Waals surface area contributed by atoms with Crippen molar-refractivity contribution in [2.75, 3.05) is 4.90 Å². The predicted octanol–water partition coefficient (Wildman–Crippen LogP) is 3.98. The number of barbiturate groups is 1. The zero-order valence-electron chi connectivity index (χ0n) is 18.2. The fourth-order valence-corrected chi connectivity index (χ4v) is 3.92. The lowest BCUT2D eigenvalue weighted by atomic mass is 10.1. The zero-order chi connectivity index (χ0) is 23.9. The number of carbonyl (C=O) groups excluding carboxylic acids is 3. The smallest absolute Gasteiger partial charge is 0.318 e. The Balaban J connectivity index is 1.78. The number of urea groups is 1. The molecule has 4 amide bonds. The first kappa shape index (κ1) is 21.7. The second kappa shape index (κ2) is 8.19. The number of amides is 4. The number of hydrogen-bond donors (Lipinski definition) is 1. The second-order valence-electron chi connectivity index (χ2n) is 7.68. The van der Waals surface area contributed by atoms with Gasteiger partial charge in [-0.2, -0.15) is 0 Å². The number of nitrogens with zero attached hydrogens (tertiary/aromatic N) is 3. The fourth-order valence-electron chi connectivity index (χ4n) is 3.92. The molecule has 2 aromatic carbocycles. The van der Waals surface area contributed by atoms with E-state index in [2.05, 4.69) is 5.32 Å². The molecule has 0 radical (unpaired) electrons. The summed E-state index contributed by atoms with van der Waals surface area (Å²) in [5.41, 5.74) is 3.47. The van der Waals surface area contributed by atoms with Gasteiger partial charge in [0.05, 0.1) is 16.3 Å². The van der Waals surface area contributed by atoms with Gasteiger partial charge in [-0.3, -0.25) is 25.0 Å². The third-order valence-corrected chi connectivity index (χ3v) is 5.53. The molecule has 1 aromatic heterocycles. The summed E-state index contributed by atoms with van der Waals surface area (Å²) in [7, 11) is 0. The number of nitrogens with one attached hydrogen (secondary N) is 1. The molecular weight excluding hydrogens is 424 g/mol. The summed E-state index contributed by atoms with van der Waals surface area (Å²) in [6, 6.07) is 14.0. The highest BCUT2D eigenvalue weighted by Crippen LogP contribution is 2.28. The highest BCUT2D eigenvalue weighted by atomic mass is 16.6. The molecule has 9 nitrogen and oxygen atoms in total. The lowest BCUT2D eigenvalue weighted by Crippen LogP contribution is -2.54. The summed E-state index contributed by atoms with van der Waals surface area (Å²) in [6.45, 7) is 5.37. The van der Waals surface area contributed by atoms with Gasteiger partial charge < -0.3 is 4.57 Å². The number of aryl methyl sites for hydroxylation is 2. The van der Waals surface area contributed by atoms with Crippen LogP contribution in [0, 0.1) is 30.9 Å². The van der Waals surface area contributed by atoms with Crippen LogP contribution in [0.1, 0.15) is 22.5 Å². The number of non-ortho nitro benzene ring substituents is 1. The average Bonchev–Trinajstić information content (AvgIpc) is 3.05. The van der Waals surface area contributed by atoms with E-state index < -0.39 is 22.8 Å². The van der Waals surface area contributed by atoms with Gasteiger partial charge >= 0.3 is 6.03 Å². The molecule has 3 aromatic rings. The van der Waals surface area contributed by atoms with Gasteiger partial charge in [-0.05, 0) is 56.2 Å². The largest absolute Gasteiger partial charge is 0.335 e. The highest BCUT2D eigenvalue weighted by Gasteiger charge is 2.37. The van der Waals surface area contributed by atoms with Gasteiger partial charge in [0.1, 0.15) is 5.57 Å². The van der Waals surface area contributed by atoms with Gasteiger partial charge in [-0.15, -0.1) is 0 Å². The van der Waals surface area contributed by atoms with E-state index in [1.807, 2.05) is 6.92 Å². The maximum absolute atomic E-state index is 13.2. The van der Waals surface area contributed by atoms with E-state index in [-0.39, 0.29) is 11.3 Å². The number of rotatable bonds is 4. The van der Waals surface area contributed by atoms with Crippen LogP contribution in [0.25, 0.3) is 11.8 Å². The number of benzene rings is 2. The minimum atomic E-state index is -0.807. The summed E-state index contributed by atoms with van der Waals surface area (Å²) in [5.74, 6) is -1.51. The monoisotopic (exact) mass is 444 g/mol. The molecule has 0 spiro atoms. The first-order chi connectivity index (χ1) is 15.7. The van der Waals surface area contributed by atoms with Crippen molar-refractivity contribution in [1.82, 2.24) is 9.88 Å². The second-order valence-corrected chi connectivity index (χ2v) is 7.68. The summed E-state index contributed by atoms with van der Waals surface area (Å²) in [4.78, 5) is 49.8. The Kier molecular flexibility index (Phi) is 5.39. The predicted molar refractivity (Wildman–Crippen MR) is 122 cm³/mol. The molecule has 1 N–H and O–H groups in total. The van der Waals surface area contributed by atoms with Crippen molar-refractivity contribution in [3.8, 4) is 5.69 Å². The van der Waals surface area contributed by atoms with Crippen molar-refractivity contribution >= 4 is 35.3 Å². The number of imide groups is 2. The lowest BCUT2D eigenvalue weighted by Gasteiger charge is -2.27. The molecule has 1 aliphatic rings. The molecule has 1 fully saturated rings. The molecule has 1 saturated heterocycles. The number of nitro groups is 1. The van der Waals surface area contributed by atoms with Crippen LogP contribution < -0.4 is 10.2 Å². The van der Waals surface area contributed by atoms with Gasteiger partial charge in [0.15, 0.2) is 0 Å². The maximum Gasteiger partial charge on any atom is 0.335 e. The minimum absolute atomic E-state index is 0.0471. The molecule has 1 aliphatic heterocycles. The van der Waals surface area contributed by atoms with Crippen molar-refractivity contribution < 1.29 is 19.3 Å². The molecule has 4 rings (SSSR count). The van der Waals surface area contributed by atoms with Crippen LogP contribution in [0.4, 0.5) is 16.2 Å². The quantitative estimate of drug-likeness (QED) is 0.283. The van der Waals surface area contributed by atoms with Crippen molar-refractivity contribution in [2.45, 2.75) is 20.8 Å². The first-order valence-corrected chi connectivity index (χ1v) is 10.1. The molecule has 0 saturated carbocycles. The van der Waals surface area contributed by atoms with Crippen LogP contribution >= 0.6 is 0 Å². The summed E-state index contributed by atoms with van der Waals surface area (Å²) in [6.07, 6.45) is 1.44. The topological polar surface area (TPSA) is 115 Å². The Morgan fingerprint density at radius 1 is 0.970 bits per heavy atom. The molecule has 2 heterocycles. The van der Waals surface area contributed by atoms with Gasteiger partial charge in [0, 0.05) is 23.5 Å². The van der Waals surface area contributed by atoms with Crippen LogP contribution in [-0.4, -0.2) is 27.3 Å². The minimum Gasteiger partial charge on any atom is -0.318 e. The van der Waals surface area contributed by atoms with E-state index in [4.69, 9.17) is 0 Å². The SMILES string of the molecule is Cc1ccccc1N1C(=O)NC(=O)/C(=C\c2cc(C)n(-c3cccc([N+](=O)[O-])c3)c2C)C1=O. The van der Waals surface area contributed by atoms with Crippen LogP contribution in [-0.2, 0) is 9.59 Å². The molecule has 0 bridgehead atoms. The van der Waals surface area contributed by atoms with E-state index >= 15 is 0 Å². The van der Waals surface area contributed by atoms with E-state index in [9.17, 15) is 24.5 Å². The Bertz CT molecular complexity index is 1370. The van der Waals surface area contributed by atoms with E-state index in [0.29, 0.717) is 28.2 Å². The average molecular weight is 444 g/mol. The Morgan fingerprint density at radius 3 is 2.39 bits per heavy atom. The van der Waals surface area contributed by atoms with Gasteiger partial charge in [-0.25, -0.2) is 9.69 Å². The van der Waals surface area contributed by atoms with Crippen molar-refractivity contribution in [3.63, 3.8) is 0 Å². The summed E-state index contributed by atoms with van der Waals surface area (Å²) < 4.78 is 1.80. The maximum atomic E-state index is 13.2. The van der Waals surface area contributed by atoms with Crippen LogP contribution in [0.2, 0.25) is 0 Å². The molecule has 0 aliphatic carbocycles. The fraction of sp³-hybridized carbons (Fsp3) is 0.125. The summed E-state index contributed by atoms with van der Waals surface area (Å²) in [5, 5.41) is 13.4. The Hall–Kier alpha value is -4.53.